The number of hydrogen-bond acceptors (Lipinski definition) is 3. The summed E-state index contributed by atoms with van der Waals surface area (Å²) in [5.74, 6) is -0.496. The first kappa shape index (κ1) is 13.5. The zero-order valence-corrected chi connectivity index (χ0v) is 10.7. The molecule has 0 radical (unpaired) electrons. The van der Waals surface area contributed by atoms with Crippen molar-refractivity contribution in [2.45, 2.75) is 11.8 Å². The molecule has 1 aromatic rings. The number of carboxylic acid groups (broad SMARTS) is 1. The Balaban J connectivity index is 2.48. The SMILES string of the molecule is NC(CSCc1cc(F)ccc1Br)C(=O)O. The average molecular weight is 308 g/mol. The Hall–Kier alpha value is -0.590. The van der Waals surface area contributed by atoms with Crippen LogP contribution in [-0.2, 0) is 10.5 Å². The van der Waals surface area contributed by atoms with Crippen LogP contribution in [0.1, 0.15) is 5.56 Å². The van der Waals surface area contributed by atoms with Crippen LogP contribution < -0.4 is 5.73 Å². The molecule has 3 nitrogen and oxygen atoms in total. The summed E-state index contributed by atoms with van der Waals surface area (Å²) in [5, 5.41) is 8.57. The molecule has 0 aliphatic rings. The first-order valence-electron chi connectivity index (χ1n) is 4.50. The Morgan fingerprint density at radius 1 is 1.62 bits per heavy atom. The summed E-state index contributed by atoms with van der Waals surface area (Å²) in [6.07, 6.45) is 0. The van der Waals surface area contributed by atoms with E-state index < -0.39 is 12.0 Å². The Labute approximate surface area is 105 Å². The van der Waals surface area contributed by atoms with Gasteiger partial charge in [-0.2, -0.15) is 11.8 Å². The molecule has 0 bridgehead atoms. The van der Waals surface area contributed by atoms with Gasteiger partial charge in [-0.3, -0.25) is 4.79 Å². The topological polar surface area (TPSA) is 63.3 Å². The highest BCUT2D eigenvalue weighted by Gasteiger charge is 2.11. The number of halogens is 2. The zero-order valence-electron chi connectivity index (χ0n) is 8.32. The first-order valence-corrected chi connectivity index (χ1v) is 6.45. The highest BCUT2D eigenvalue weighted by Crippen LogP contribution is 2.22. The Kier molecular flexibility index (Phi) is 5.24. The second-order valence-corrected chi connectivity index (χ2v) is 5.08. The number of aliphatic carboxylic acids is 1. The van der Waals surface area contributed by atoms with Gasteiger partial charge in [-0.05, 0) is 23.8 Å². The van der Waals surface area contributed by atoms with E-state index in [-0.39, 0.29) is 5.82 Å². The maximum Gasteiger partial charge on any atom is 0.321 e. The molecular weight excluding hydrogens is 297 g/mol. The molecule has 1 aromatic carbocycles. The van der Waals surface area contributed by atoms with E-state index in [0.717, 1.165) is 10.0 Å². The van der Waals surface area contributed by atoms with Crippen molar-refractivity contribution in [1.82, 2.24) is 0 Å². The van der Waals surface area contributed by atoms with Crippen molar-refractivity contribution in [2.75, 3.05) is 5.75 Å². The molecule has 0 saturated heterocycles. The molecule has 0 aliphatic heterocycles. The van der Waals surface area contributed by atoms with E-state index in [2.05, 4.69) is 15.9 Å². The third-order valence-corrected chi connectivity index (χ3v) is 3.76. The van der Waals surface area contributed by atoms with Gasteiger partial charge >= 0.3 is 5.97 Å². The number of thioether (sulfide) groups is 1. The fraction of sp³-hybridized carbons (Fsp3) is 0.300. The minimum absolute atomic E-state index is 0.304. The van der Waals surface area contributed by atoms with Crippen LogP contribution in [0.5, 0.6) is 0 Å². The second kappa shape index (κ2) is 6.22. The standard InChI is InChI=1S/C10H11BrFNO2S/c11-8-2-1-7(12)3-6(8)4-16-5-9(13)10(14)15/h1-3,9H,4-5,13H2,(H,14,15). The van der Waals surface area contributed by atoms with Gasteiger partial charge in [0.1, 0.15) is 11.9 Å². The summed E-state index contributed by atoms with van der Waals surface area (Å²) in [5.41, 5.74) is 6.14. The van der Waals surface area contributed by atoms with Crippen molar-refractivity contribution in [3.05, 3.63) is 34.1 Å². The van der Waals surface area contributed by atoms with Crippen LogP contribution in [0.25, 0.3) is 0 Å². The number of hydrogen-bond donors (Lipinski definition) is 2. The summed E-state index contributed by atoms with van der Waals surface area (Å²) in [4.78, 5) is 10.5. The van der Waals surface area contributed by atoms with E-state index in [1.54, 1.807) is 6.07 Å². The van der Waals surface area contributed by atoms with Crippen molar-refractivity contribution in [2.24, 2.45) is 5.73 Å². The fourth-order valence-electron chi connectivity index (χ4n) is 1.02. The molecule has 0 aromatic heterocycles. The molecule has 1 atom stereocenters. The summed E-state index contributed by atoms with van der Waals surface area (Å²) in [6.45, 7) is 0. The monoisotopic (exact) mass is 307 g/mol. The number of carboxylic acids is 1. The molecule has 1 unspecified atom stereocenters. The van der Waals surface area contributed by atoms with Crippen LogP contribution in [-0.4, -0.2) is 22.9 Å². The number of benzene rings is 1. The van der Waals surface area contributed by atoms with Gasteiger partial charge in [-0.15, -0.1) is 0 Å². The Bertz CT molecular complexity index is 389. The van der Waals surface area contributed by atoms with Crippen LogP contribution in [0, 0.1) is 5.82 Å². The molecule has 0 fully saturated rings. The summed E-state index contributed by atoms with van der Waals surface area (Å²) < 4.78 is 13.7. The number of nitrogens with two attached hydrogens (primary N) is 1. The van der Waals surface area contributed by atoms with Gasteiger partial charge in [0, 0.05) is 16.0 Å². The van der Waals surface area contributed by atoms with E-state index in [4.69, 9.17) is 10.8 Å². The van der Waals surface area contributed by atoms with E-state index in [1.807, 2.05) is 0 Å². The molecule has 0 amide bonds. The van der Waals surface area contributed by atoms with Crippen molar-refractivity contribution in [3.8, 4) is 0 Å². The minimum atomic E-state index is -1.02. The van der Waals surface area contributed by atoms with Gasteiger partial charge in [0.15, 0.2) is 0 Å². The highest BCUT2D eigenvalue weighted by atomic mass is 79.9. The molecule has 0 aliphatic carbocycles. The Morgan fingerprint density at radius 3 is 2.94 bits per heavy atom. The first-order chi connectivity index (χ1) is 7.50. The third kappa shape index (κ3) is 4.11. The normalized spacial score (nSPS) is 12.4. The van der Waals surface area contributed by atoms with E-state index in [9.17, 15) is 9.18 Å². The summed E-state index contributed by atoms with van der Waals surface area (Å²) in [6, 6.07) is 3.53. The number of rotatable bonds is 5. The van der Waals surface area contributed by atoms with Gasteiger partial charge in [0.05, 0.1) is 0 Å². The van der Waals surface area contributed by atoms with Gasteiger partial charge in [-0.1, -0.05) is 15.9 Å². The lowest BCUT2D eigenvalue weighted by atomic mass is 10.2. The molecule has 0 heterocycles. The van der Waals surface area contributed by atoms with Gasteiger partial charge in [0.2, 0.25) is 0 Å². The lowest BCUT2D eigenvalue weighted by Crippen LogP contribution is -2.32. The van der Waals surface area contributed by atoms with E-state index in [0.29, 0.717) is 11.5 Å². The Morgan fingerprint density at radius 2 is 2.31 bits per heavy atom. The quantitative estimate of drug-likeness (QED) is 0.875. The predicted molar refractivity (Wildman–Crippen MR) is 65.9 cm³/mol. The molecule has 6 heteroatoms. The molecular formula is C10H11BrFNO2S. The van der Waals surface area contributed by atoms with Crippen LogP contribution >= 0.6 is 27.7 Å². The largest absolute Gasteiger partial charge is 0.480 e. The van der Waals surface area contributed by atoms with Crippen molar-refractivity contribution >= 4 is 33.7 Å². The second-order valence-electron chi connectivity index (χ2n) is 3.20. The maximum atomic E-state index is 12.9. The number of carbonyl (C=O) groups is 1. The minimum Gasteiger partial charge on any atom is -0.480 e. The maximum absolute atomic E-state index is 12.9. The van der Waals surface area contributed by atoms with E-state index >= 15 is 0 Å². The third-order valence-electron chi connectivity index (χ3n) is 1.88. The van der Waals surface area contributed by atoms with E-state index in [1.165, 1.54) is 23.9 Å². The smallest absolute Gasteiger partial charge is 0.321 e. The average Bonchev–Trinajstić information content (AvgIpc) is 2.22. The van der Waals surface area contributed by atoms with Crippen molar-refractivity contribution in [1.29, 1.82) is 0 Å². The van der Waals surface area contributed by atoms with Gasteiger partial charge < -0.3 is 10.8 Å². The zero-order chi connectivity index (χ0) is 12.1. The van der Waals surface area contributed by atoms with Crippen molar-refractivity contribution < 1.29 is 14.3 Å². The van der Waals surface area contributed by atoms with Gasteiger partial charge in [-0.25, -0.2) is 4.39 Å². The van der Waals surface area contributed by atoms with Crippen LogP contribution in [0.4, 0.5) is 4.39 Å². The lowest BCUT2D eigenvalue weighted by Gasteiger charge is -2.07. The van der Waals surface area contributed by atoms with Crippen LogP contribution in [0.2, 0.25) is 0 Å². The van der Waals surface area contributed by atoms with Crippen LogP contribution in [0.15, 0.2) is 22.7 Å². The molecule has 88 valence electrons. The molecule has 0 saturated carbocycles. The highest BCUT2D eigenvalue weighted by molar-refractivity contribution is 9.10. The molecule has 16 heavy (non-hydrogen) atoms. The fourth-order valence-corrected chi connectivity index (χ4v) is 2.57. The molecule has 3 N–H and O–H groups in total. The van der Waals surface area contributed by atoms with Crippen LogP contribution in [0.3, 0.4) is 0 Å². The summed E-state index contributed by atoms with van der Waals surface area (Å²) >= 11 is 4.66. The summed E-state index contributed by atoms with van der Waals surface area (Å²) in [7, 11) is 0. The van der Waals surface area contributed by atoms with Crippen molar-refractivity contribution in [3.63, 3.8) is 0 Å². The van der Waals surface area contributed by atoms with Gasteiger partial charge in [0.25, 0.3) is 0 Å². The predicted octanol–water partition coefficient (Wildman–Crippen LogP) is 2.23. The molecule has 1 rings (SSSR count). The lowest BCUT2D eigenvalue weighted by molar-refractivity contribution is -0.137. The molecule has 0 spiro atoms.